The second kappa shape index (κ2) is 8.43. The van der Waals surface area contributed by atoms with E-state index in [1.807, 2.05) is 20.8 Å². The van der Waals surface area contributed by atoms with Crippen molar-refractivity contribution in [2.75, 3.05) is 19.7 Å². The van der Waals surface area contributed by atoms with Crippen molar-refractivity contribution in [2.45, 2.75) is 31.8 Å². The summed E-state index contributed by atoms with van der Waals surface area (Å²) < 4.78 is 26.3. The van der Waals surface area contributed by atoms with Gasteiger partial charge in [0, 0.05) is 13.1 Å². The predicted molar refractivity (Wildman–Crippen MR) is 87.0 cm³/mol. The van der Waals surface area contributed by atoms with Gasteiger partial charge in [-0.3, -0.25) is 0 Å². The van der Waals surface area contributed by atoms with Crippen molar-refractivity contribution < 1.29 is 18.6 Å². The Labute approximate surface area is 133 Å². The number of aliphatic hydroxyl groups is 2. The highest BCUT2D eigenvalue weighted by molar-refractivity contribution is 7.89. The number of benzene rings is 1. The summed E-state index contributed by atoms with van der Waals surface area (Å²) in [7, 11) is -3.66. The number of aliphatic hydroxyl groups excluding tert-OH is 2. The Hall–Kier alpha value is -1.21. The third-order valence-corrected chi connectivity index (χ3v) is 5.21. The van der Waals surface area contributed by atoms with E-state index in [1.165, 1.54) is 4.31 Å². The highest BCUT2D eigenvalue weighted by Gasteiger charge is 2.22. The summed E-state index contributed by atoms with van der Waals surface area (Å²) in [5, 5.41) is 18.8. The SMILES string of the molecule is Cc1ccc(S(=O)(=O)N(C/C=C/[C@H](O)C(C)C)CCO)cc1. The number of hydrogen-bond acceptors (Lipinski definition) is 4. The largest absolute Gasteiger partial charge is 0.395 e. The van der Waals surface area contributed by atoms with Gasteiger partial charge in [-0.2, -0.15) is 4.31 Å². The van der Waals surface area contributed by atoms with Crippen LogP contribution in [0.2, 0.25) is 0 Å². The first-order valence-corrected chi connectivity index (χ1v) is 8.75. The molecule has 0 amide bonds. The molecule has 5 nitrogen and oxygen atoms in total. The topological polar surface area (TPSA) is 77.8 Å². The van der Waals surface area contributed by atoms with E-state index in [0.717, 1.165) is 5.56 Å². The molecule has 0 radical (unpaired) electrons. The lowest BCUT2D eigenvalue weighted by atomic mass is 10.1. The molecule has 0 aliphatic heterocycles. The first kappa shape index (κ1) is 18.8. The number of nitrogens with zero attached hydrogens (tertiary/aromatic N) is 1. The maximum absolute atomic E-state index is 12.6. The molecular weight excluding hydrogens is 302 g/mol. The third-order valence-electron chi connectivity index (χ3n) is 3.33. The van der Waals surface area contributed by atoms with Crippen molar-refractivity contribution >= 4 is 10.0 Å². The minimum Gasteiger partial charge on any atom is -0.395 e. The van der Waals surface area contributed by atoms with Gasteiger partial charge in [0.1, 0.15) is 0 Å². The lowest BCUT2D eigenvalue weighted by molar-refractivity contribution is 0.171. The van der Waals surface area contributed by atoms with E-state index in [9.17, 15) is 13.5 Å². The molecule has 0 spiro atoms. The highest BCUT2D eigenvalue weighted by Crippen LogP contribution is 2.16. The van der Waals surface area contributed by atoms with Gasteiger partial charge in [0.15, 0.2) is 0 Å². The molecular formula is C16H25NO4S. The van der Waals surface area contributed by atoms with Gasteiger partial charge in [-0.15, -0.1) is 0 Å². The van der Waals surface area contributed by atoms with Gasteiger partial charge >= 0.3 is 0 Å². The van der Waals surface area contributed by atoms with Crippen LogP contribution in [0.25, 0.3) is 0 Å². The van der Waals surface area contributed by atoms with Crippen molar-refractivity contribution in [2.24, 2.45) is 5.92 Å². The van der Waals surface area contributed by atoms with Crippen molar-refractivity contribution in [1.82, 2.24) is 4.31 Å². The first-order valence-electron chi connectivity index (χ1n) is 7.31. The van der Waals surface area contributed by atoms with Crippen LogP contribution in [-0.2, 0) is 10.0 Å². The maximum Gasteiger partial charge on any atom is 0.243 e. The van der Waals surface area contributed by atoms with Crippen LogP contribution in [0.1, 0.15) is 19.4 Å². The van der Waals surface area contributed by atoms with E-state index >= 15 is 0 Å². The van der Waals surface area contributed by atoms with E-state index < -0.39 is 16.1 Å². The maximum atomic E-state index is 12.6. The summed E-state index contributed by atoms with van der Waals surface area (Å²) in [6, 6.07) is 6.59. The molecule has 0 aromatic heterocycles. The molecule has 1 aromatic carbocycles. The highest BCUT2D eigenvalue weighted by atomic mass is 32.2. The monoisotopic (exact) mass is 327 g/mol. The Morgan fingerprint density at radius 3 is 2.32 bits per heavy atom. The number of sulfonamides is 1. The van der Waals surface area contributed by atoms with Gasteiger partial charge in [-0.05, 0) is 25.0 Å². The summed E-state index contributed by atoms with van der Waals surface area (Å²) in [6.45, 7) is 5.51. The molecule has 0 saturated heterocycles. The molecule has 0 aliphatic carbocycles. The molecule has 1 rings (SSSR count). The van der Waals surface area contributed by atoms with Gasteiger partial charge in [0.2, 0.25) is 10.0 Å². The van der Waals surface area contributed by atoms with Crippen LogP contribution in [0.3, 0.4) is 0 Å². The second-order valence-electron chi connectivity index (χ2n) is 5.56. The molecule has 1 atom stereocenters. The molecule has 0 heterocycles. The van der Waals surface area contributed by atoms with Crippen molar-refractivity contribution in [3.05, 3.63) is 42.0 Å². The van der Waals surface area contributed by atoms with E-state index in [-0.39, 0.29) is 30.5 Å². The number of aryl methyl sites for hydroxylation is 1. The average Bonchev–Trinajstić information content (AvgIpc) is 2.46. The van der Waals surface area contributed by atoms with Gasteiger partial charge in [-0.1, -0.05) is 43.7 Å². The molecule has 22 heavy (non-hydrogen) atoms. The van der Waals surface area contributed by atoms with Crippen LogP contribution in [0.15, 0.2) is 41.3 Å². The van der Waals surface area contributed by atoms with Crippen LogP contribution >= 0.6 is 0 Å². The van der Waals surface area contributed by atoms with Crippen LogP contribution in [0.4, 0.5) is 0 Å². The molecule has 0 aliphatic rings. The summed E-state index contributed by atoms with van der Waals surface area (Å²) in [5.41, 5.74) is 0.979. The first-order chi connectivity index (χ1) is 10.3. The standard InChI is InChI=1S/C16H25NO4S/c1-13(2)16(19)5-4-10-17(11-12-18)22(20,21)15-8-6-14(3)7-9-15/h4-9,13,16,18-19H,10-12H2,1-3H3/b5-4+/t16-/m0/s1. The van der Waals surface area contributed by atoms with Crippen molar-refractivity contribution in [3.63, 3.8) is 0 Å². The van der Waals surface area contributed by atoms with Crippen LogP contribution in [0, 0.1) is 12.8 Å². The van der Waals surface area contributed by atoms with Crippen molar-refractivity contribution in [1.29, 1.82) is 0 Å². The van der Waals surface area contributed by atoms with E-state index in [2.05, 4.69) is 0 Å². The summed E-state index contributed by atoms with van der Waals surface area (Å²) in [5.74, 6) is 0.0660. The molecule has 124 valence electrons. The second-order valence-corrected chi connectivity index (χ2v) is 7.50. The third kappa shape index (κ3) is 5.21. The molecule has 1 aromatic rings. The Morgan fingerprint density at radius 2 is 1.82 bits per heavy atom. The molecule has 0 unspecified atom stereocenters. The zero-order valence-electron chi connectivity index (χ0n) is 13.3. The fraction of sp³-hybridized carbons (Fsp3) is 0.500. The van der Waals surface area contributed by atoms with E-state index in [4.69, 9.17) is 5.11 Å². The zero-order valence-corrected chi connectivity index (χ0v) is 14.1. The fourth-order valence-corrected chi connectivity index (χ4v) is 3.20. The number of hydrogen-bond donors (Lipinski definition) is 2. The fourth-order valence-electron chi connectivity index (χ4n) is 1.82. The Bertz CT molecular complexity index is 579. The van der Waals surface area contributed by atoms with Crippen LogP contribution in [0.5, 0.6) is 0 Å². The minimum absolute atomic E-state index is 0.0122. The summed E-state index contributed by atoms with van der Waals surface area (Å²) in [4.78, 5) is 0.198. The Balaban J connectivity index is 2.91. The average molecular weight is 327 g/mol. The summed E-state index contributed by atoms with van der Waals surface area (Å²) in [6.07, 6.45) is 2.59. The Kier molecular flexibility index (Phi) is 7.22. The minimum atomic E-state index is -3.66. The van der Waals surface area contributed by atoms with E-state index in [0.29, 0.717) is 0 Å². The van der Waals surface area contributed by atoms with Gasteiger partial charge in [-0.25, -0.2) is 8.42 Å². The molecule has 2 N–H and O–H groups in total. The van der Waals surface area contributed by atoms with E-state index in [1.54, 1.807) is 36.4 Å². The lowest BCUT2D eigenvalue weighted by Gasteiger charge is -2.20. The zero-order chi connectivity index (χ0) is 16.8. The van der Waals surface area contributed by atoms with Crippen LogP contribution < -0.4 is 0 Å². The molecule has 0 bridgehead atoms. The lowest BCUT2D eigenvalue weighted by Crippen LogP contribution is -2.34. The molecule has 0 saturated carbocycles. The number of rotatable bonds is 8. The normalized spacial score (nSPS) is 14.1. The van der Waals surface area contributed by atoms with Crippen molar-refractivity contribution in [3.8, 4) is 0 Å². The predicted octanol–water partition coefficient (Wildman–Crippen LogP) is 1.55. The van der Waals surface area contributed by atoms with Gasteiger partial charge in [0.05, 0.1) is 17.6 Å². The van der Waals surface area contributed by atoms with Crippen LogP contribution in [-0.4, -0.2) is 48.7 Å². The quantitative estimate of drug-likeness (QED) is 0.710. The molecule has 6 heteroatoms. The van der Waals surface area contributed by atoms with Gasteiger partial charge < -0.3 is 10.2 Å². The Morgan fingerprint density at radius 1 is 1.23 bits per heavy atom. The van der Waals surface area contributed by atoms with Gasteiger partial charge in [0.25, 0.3) is 0 Å². The molecule has 0 fully saturated rings. The summed E-state index contributed by atoms with van der Waals surface area (Å²) >= 11 is 0. The smallest absolute Gasteiger partial charge is 0.243 e.